The minimum Gasteiger partial charge on any atom is -0.445 e. The fourth-order valence-corrected chi connectivity index (χ4v) is 3.60. The first-order valence-electron chi connectivity index (χ1n) is 9.42. The summed E-state index contributed by atoms with van der Waals surface area (Å²) >= 11 is 3.35. The molecule has 2 heterocycles. The maximum absolute atomic E-state index is 13.2. The molecule has 7 nitrogen and oxygen atoms in total. The van der Waals surface area contributed by atoms with Crippen LogP contribution >= 0.6 is 15.9 Å². The van der Waals surface area contributed by atoms with Crippen molar-refractivity contribution in [1.82, 2.24) is 20.0 Å². The first-order chi connectivity index (χ1) is 15.3. The van der Waals surface area contributed by atoms with Crippen molar-refractivity contribution in [3.8, 4) is 11.6 Å². The smallest absolute Gasteiger partial charge is 0.407 e. The third kappa shape index (κ3) is 5.10. The monoisotopic (exact) mass is 508 g/mol. The zero-order chi connectivity index (χ0) is 22.7. The van der Waals surface area contributed by atoms with Crippen molar-refractivity contribution in [2.24, 2.45) is 0 Å². The molecule has 0 bridgehead atoms. The summed E-state index contributed by atoms with van der Waals surface area (Å²) < 4.78 is 51.6. The summed E-state index contributed by atoms with van der Waals surface area (Å²) in [4.78, 5) is 16.0. The number of rotatable bonds is 6. The van der Waals surface area contributed by atoms with Gasteiger partial charge in [0, 0.05) is 9.86 Å². The van der Waals surface area contributed by atoms with Gasteiger partial charge in [-0.1, -0.05) is 57.5 Å². The van der Waals surface area contributed by atoms with Crippen molar-refractivity contribution in [3.05, 3.63) is 70.5 Å². The molecular weight excluding hydrogens is 493 g/mol. The van der Waals surface area contributed by atoms with Crippen molar-refractivity contribution < 1.29 is 27.2 Å². The van der Waals surface area contributed by atoms with Gasteiger partial charge < -0.3 is 19.1 Å². The number of carbonyl (C=O) groups is 1. The first kappa shape index (κ1) is 21.9. The Morgan fingerprint density at radius 3 is 2.69 bits per heavy atom. The fraction of sp³-hybridized carbons (Fsp3) is 0.190. The first-order valence-corrected chi connectivity index (χ1v) is 10.2. The quantitative estimate of drug-likeness (QED) is 0.374. The molecule has 2 aromatic heterocycles. The zero-order valence-electron chi connectivity index (χ0n) is 16.4. The van der Waals surface area contributed by atoms with Crippen LogP contribution in [0.5, 0.6) is 0 Å². The topological polar surface area (TPSA) is 82.2 Å². The lowest BCUT2D eigenvalue weighted by Gasteiger charge is -2.11. The molecule has 0 saturated carbocycles. The molecule has 4 rings (SSSR count). The summed E-state index contributed by atoms with van der Waals surface area (Å²) in [6.45, 7) is -1.24. The third-order valence-corrected chi connectivity index (χ3v) is 5.21. The van der Waals surface area contributed by atoms with Crippen LogP contribution in [0, 0.1) is 0 Å². The van der Waals surface area contributed by atoms with E-state index in [0.29, 0.717) is 15.4 Å². The van der Waals surface area contributed by atoms with Crippen molar-refractivity contribution >= 4 is 32.9 Å². The van der Waals surface area contributed by atoms with Crippen LogP contribution in [0.1, 0.15) is 11.4 Å². The van der Waals surface area contributed by atoms with Crippen molar-refractivity contribution in [3.63, 3.8) is 0 Å². The molecule has 32 heavy (non-hydrogen) atoms. The van der Waals surface area contributed by atoms with Crippen LogP contribution < -0.4 is 5.32 Å². The number of alkyl halides is 3. The predicted octanol–water partition coefficient (Wildman–Crippen LogP) is 5.44. The number of benzene rings is 2. The SMILES string of the molecule is O=C(NCc1noc(-c2cc3c(Br)cccc3n2CC(F)(F)F)n1)OCc1ccccc1. The molecule has 166 valence electrons. The number of aromatic nitrogens is 3. The lowest BCUT2D eigenvalue weighted by Crippen LogP contribution is -2.24. The molecule has 1 amide bonds. The molecule has 0 saturated heterocycles. The lowest BCUT2D eigenvalue weighted by atomic mass is 10.2. The molecular formula is C21H16BrF3N4O3. The van der Waals surface area contributed by atoms with Gasteiger partial charge in [-0.3, -0.25) is 0 Å². The molecule has 0 radical (unpaired) electrons. The molecule has 0 fully saturated rings. The number of hydrogen-bond acceptors (Lipinski definition) is 5. The van der Waals surface area contributed by atoms with Crippen LogP contribution in [0.25, 0.3) is 22.5 Å². The van der Waals surface area contributed by atoms with E-state index in [1.165, 1.54) is 0 Å². The average Bonchev–Trinajstić information content (AvgIpc) is 3.36. The van der Waals surface area contributed by atoms with Gasteiger partial charge in [0.1, 0.15) is 18.8 Å². The standard InChI is InChI=1S/C21H16BrF3N4O3/c22-15-7-4-8-16-14(15)9-17(29(16)12-21(23,24)25)19-27-18(28-32-19)10-26-20(30)31-11-13-5-2-1-3-6-13/h1-9H,10-12H2,(H,26,30). The maximum atomic E-state index is 13.2. The van der Waals surface area contributed by atoms with Gasteiger partial charge in [-0.15, -0.1) is 0 Å². The van der Waals surface area contributed by atoms with Crippen LogP contribution in [0.15, 0.2) is 63.6 Å². The molecule has 4 aromatic rings. The van der Waals surface area contributed by atoms with Gasteiger partial charge in [0.2, 0.25) is 0 Å². The molecule has 11 heteroatoms. The highest BCUT2D eigenvalue weighted by Crippen LogP contribution is 2.34. The Labute approximate surface area is 188 Å². The Hall–Kier alpha value is -3.34. The van der Waals surface area contributed by atoms with E-state index in [-0.39, 0.29) is 30.6 Å². The third-order valence-electron chi connectivity index (χ3n) is 4.52. The minimum atomic E-state index is -4.45. The van der Waals surface area contributed by atoms with Gasteiger partial charge in [0.25, 0.3) is 5.89 Å². The van der Waals surface area contributed by atoms with E-state index in [4.69, 9.17) is 9.26 Å². The summed E-state index contributed by atoms with van der Waals surface area (Å²) in [6.07, 6.45) is -5.13. The second kappa shape index (κ2) is 9.03. The van der Waals surface area contributed by atoms with Gasteiger partial charge >= 0.3 is 12.3 Å². The molecule has 0 unspecified atom stereocenters. The minimum absolute atomic E-state index is 0.0909. The average molecular weight is 509 g/mol. The molecule has 0 aliphatic carbocycles. The number of halogens is 4. The number of fused-ring (bicyclic) bond motifs is 1. The van der Waals surface area contributed by atoms with E-state index in [1.807, 2.05) is 30.3 Å². The number of hydrogen-bond donors (Lipinski definition) is 1. The fourth-order valence-electron chi connectivity index (χ4n) is 3.13. The maximum Gasteiger partial charge on any atom is 0.407 e. The van der Waals surface area contributed by atoms with Gasteiger partial charge in [-0.2, -0.15) is 18.2 Å². The van der Waals surface area contributed by atoms with E-state index in [1.54, 1.807) is 24.3 Å². The van der Waals surface area contributed by atoms with Crippen LogP contribution in [-0.4, -0.2) is 27.0 Å². The van der Waals surface area contributed by atoms with Crippen LogP contribution in [0.4, 0.5) is 18.0 Å². The number of alkyl carbamates (subject to hydrolysis) is 1. The highest BCUT2D eigenvalue weighted by Gasteiger charge is 2.31. The van der Waals surface area contributed by atoms with E-state index in [9.17, 15) is 18.0 Å². The lowest BCUT2D eigenvalue weighted by molar-refractivity contribution is -0.139. The Bertz CT molecular complexity index is 1240. The highest BCUT2D eigenvalue weighted by molar-refractivity contribution is 9.10. The zero-order valence-corrected chi connectivity index (χ0v) is 18.0. The summed E-state index contributed by atoms with van der Waals surface area (Å²) in [5.74, 6) is 0.00587. The Morgan fingerprint density at radius 2 is 1.94 bits per heavy atom. The molecule has 0 atom stereocenters. The largest absolute Gasteiger partial charge is 0.445 e. The summed E-state index contributed by atoms with van der Waals surface area (Å²) in [5, 5.41) is 6.81. The Kier molecular flexibility index (Phi) is 6.17. The van der Waals surface area contributed by atoms with Crippen LogP contribution in [-0.2, 0) is 24.4 Å². The van der Waals surface area contributed by atoms with E-state index >= 15 is 0 Å². The second-order valence-corrected chi connectivity index (χ2v) is 7.69. The van der Waals surface area contributed by atoms with Crippen molar-refractivity contribution in [2.75, 3.05) is 0 Å². The van der Waals surface area contributed by atoms with E-state index < -0.39 is 18.8 Å². The number of nitrogens with zero attached hydrogens (tertiary/aromatic N) is 3. The highest BCUT2D eigenvalue weighted by atomic mass is 79.9. The van der Waals surface area contributed by atoms with Crippen molar-refractivity contribution in [1.29, 1.82) is 0 Å². The van der Waals surface area contributed by atoms with Gasteiger partial charge in [-0.25, -0.2) is 4.79 Å². The van der Waals surface area contributed by atoms with Crippen LogP contribution in [0.3, 0.4) is 0 Å². The molecule has 1 N–H and O–H groups in total. The van der Waals surface area contributed by atoms with Gasteiger partial charge in [0.15, 0.2) is 5.82 Å². The van der Waals surface area contributed by atoms with Crippen LogP contribution in [0.2, 0.25) is 0 Å². The van der Waals surface area contributed by atoms with E-state index in [0.717, 1.165) is 10.1 Å². The molecule has 0 aliphatic heterocycles. The summed E-state index contributed by atoms with van der Waals surface area (Å²) in [5.41, 5.74) is 1.32. The van der Waals surface area contributed by atoms with Crippen molar-refractivity contribution in [2.45, 2.75) is 25.9 Å². The molecule has 0 aliphatic rings. The van der Waals surface area contributed by atoms with Gasteiger partial charge in [-0.05, 0) is 23.8 Å². The van der Waals surface area contributed by atoms with Gasteiger partial charge in [0.05, 0.1) is 12.1 Å². The number of carbonyl (C=O) groups excluding carboxylic acids is 1. The Morgan fingerprint density at radius 1 is 1.16 bits per heavy atom. The molecule has 0 spiro atoms. The summed E-state index contributed by atoms with van der Waals surface area (Å²) in [6, 6.07) is 15.6. The number of nitrogens with one attached hydrogen (secondary N) is 1. The normalized spacial score (nSPS) is 11.6. The molecule has 2 aromatic carbocycles. The summed E-state index contributed by atoms with van der Waals surface area (Å²) in [7, 11) is 0. The number of ether oxygens (including phenoxy) is 1. The predicted molar refractivity (Wildman–Crippen MR) is 112 cm³/mol. The second-order valence-electron chi connectivity index (χ2n) is 6.83. The Balaban J connectivity index is 1.49. The number of amides is 1. The van der Waals surface area contributed by atoms with E-state index in [2.05, 4.69) is 31.4 Å².